The van der Waals surface area contributed by atoms with E-state index < -0.39 is 10.0 Å². The van der Waals surface area contributed by atoms with Gasteiger partial charge in [0.15, 0.2) is 0 Å². The van der Waals surface area contributed by atoms with Crippen LogP contribution in [0.15, 0.2) is 12.3 Å². The lowest BCUT2D eigenvalue weighted by Crippen LogP contribution is -2.56. The third-order valence-electron chi connectivity index (χ3n) is 7.62. The van der Waals surface area contributed by atoms with Gasteiger partial charge in [-0.05, 0) is 44.6 Å². The standard InChI is InChI=1S/C23H32N6O3S/c1-33(30,31)29-7-4-18(5-8-29)26-22-25-13-16-10-19(15-2-3-15)27-21(20(16)28-22)17-11-23(12-17)14-24-6-9-32-23/h10,13,15,17-18,24H,2-9,11-12,14H2,1H3,(H,25,26,28). The second-order valence-corrected chi connectivity index (χ2v) is 12.2. The molecule has 0 unspecified atom stereocenters. The van der Waals surface area contributed by atoms with Crippen molar-refractivity contribution in [3.63, 3.8) is 0 Å². The Balaban J connectivity index is 1.24. The van der Waals surface area contributed by atoms with Crippen LogP contribution in [-0.4, -0.2) is 78.4 Å². The lowest BCUT2D eigenvalue weighted by atomic mass is 9.68. The van der Waals surface area contributed by atoms with Crippen molar-refractivity contribution in [3.05, 3.63) is 23.7 Å². The zero-order chi connectivity index (χ0) is 22.6. The molecule has 4 aliphatic rings. The summed E-state index contributed by atoms with van der Waals surface area (Å²) in [6.45, 7) is 3.67. The number of nitrogens with one attached hydrogen (secondary N) is 2. The van der Waals surface area contributed by atoms with Gasteiger partial charge >= 0.3 is 0 Å². The normalized spacial score (nSPS) is 29.3. The highest BCUT2D eigenvalue weighted by atomic mass is 32.2. The molecule has 6 rings (SSSR count). The maximum Gasteiger partial charge on any atom is 0.223 e. The van der Waals surface area contributed by atoms with Crippen LogP contribution in [0, 0.1) is 0 Å². The second-order valence-electron chi connectivity index (χ2n) is 10.2. The first-order valence-corrected chi connectivity index (χ1v) is 14.0. The lowest BCUT2D eigenvalue weighted by molar-refractivity contribution is -0.126. The molecule has 178 valence electrons. The molecular weight excluding hydrogens is 440 g/mol. The van der Waals surface area contributed by atoms with Gasteiger partial charge in [-0.2, -0.15) is 0 Å². The van der Waals surface area contributed by atoms with Gasteiger partial charge < -0.3 is 15.4 Å². The van der Waals surface area contributed by atoms with Crippen LogP contribution >= 0.6 is 0 Å². The summed E-state index contributed by atoms with van der Waals surface area (Å²) in [7, 11) is -3.13. The number of anilines is 1. The molecule has 2 aromatic heterocycles. The Morgan fingerprint density at radius 1 is 1.15 bits per heavy atom. The molecule has 9 nitrogen and oxygen atoms in total. The summed E-state index contributed by atoms with van der Waals surface area (Å²) in [6, 6.07) is 2.33. The van der Waals surface area contributed by atoms with E-state index in [0.717, 1.165) is 62.0 Å². The topological polar surface area (TPSA) is 109 Å². The molecule has 10 heteroatoms. The highest BCUT2D eigenvalue weighted by Gasteiger charge is 2.48. The number of piperidine rings is 1. The van der Waals surface area contributed by atoms with Crippen LogP contribution in [0.25, 0.3) is 10.9 Å². The molecule has 2 aliphatic heterocycles. The average molecular weight is 473 g/mol. The molecule has 2 aliphatic carbocycles. The minimum absolute atomic E-state index is 0.0474. The van der Waals surface area contributed by atoms with Crippen molar-refractivity contribution in [3.8, 4) is 0 Å². The van der Waals surface area contributed by atoms with Gasteiger partial charge in [-0.1, -0.05) is 0 Å². The fourth-order valence-electron chi connectivity index (χ4n) is 5.54. The summed E-state index contributed by atoms with van der Waals surface area (Å²) in [5.74, 6) is 1.53. The van der Waals surface area contributed by atoms with Gasteiger partial charge in [0.2, 0.25) is 16.0 Å². The Labute approximate surface area is 194 Å². The number of fused-ring (bicyclic) bond motifs is 1. The van der Waals surface area contributed by atoms with Crippen molar-refractivity contribution in [2.24, 2.45) is 0 Å². The molecule has 0 atom stereocenters. The number of nitrogens with zero attached hydrogens (tertiary/aromatic N) is 4. The number of sulfonamides is 1. The van der Waals surface area contributed by atoms with E-state index in [4.69, 9.17) is 14.7 Å². The second kappa shape index (κ2) is 8.11. The van der Waals surface area contributed by atoms with Crippen LogP contribution in [0.2, 0.25) is 0 Å². The number of aromatic nitrogens is 3. The van der Waals surface area contributed by atoms with E-state index in [2.05, 4.69) is 21.7 Å². The quantitative estimate of drug-likeness (QED) is 0.680. The van der Waals surface area contributed by atoms with Crippen LogP contribution < -0.4 is 10.6 Å². The van der Waals surface area contributed by atoms with Crippen LogP contribution in [-0.2, 0) is 14.8 Å². The van der Waals surface area contributed by atoms with Crippen molar-refractivity contribution in [2.45, 2.75) is 62.0 Å². The largest absolute Gasteiger partial charge is 0.372 e. The molecule has 1 spiro atoms. The molecule has 0 aromatic carbocycles. The van der Waals surface area contributed by atoms with Gasteiger partial charge in [-0.15, -0.1) is 0 Å². The van der Waals surface area contributed by atoms with Gasteiger partial charge in [-0.3, -0.25) is 4.98 Å². The molecule has 2 aromatic rings. The lowest BCUT2D eigenvalue weighted by Gasteiger charge is -2.49. The van der Waals surface area contributed by atoms with E-state index in [9.17, 15) is 8.42 Å². The van der Waals surface area contributed by atoms with Crippen LogP contribution in [0.3, 0.4) is 0 Å². The zero-order valence-electron chi connectivity index (χ0n) is 19.1. The predicted molar refractivity (Wildman–Crippen MR) is 126 cm³/mol. The maximum atomic E-state index is 11.8. The van der Waals surface area contributed by atoms with E-state index >= 15 is 0 Å². The minimum atomic E-state index is -3.13. The Morgan fingerprint density at radius 2 is 1.94 bits per heavy atom. The van der Waals surface area contributed by atoms with Gasteiger partial charge in [0.25, 0.3) is 0 Å². The first-order valence-electron chi connectivity index (χ1n) is 12.1. The smallest absolute Gasteiger partial charge is 0.223 e. The van der Waals surface area contributed by atoms with E-state index in [-0.39, 0.29) is 11.6 Å². The summed E-state index contributed by atoms with van der Waals surface area (Å²) in [5, 5.41) is 7.98. The number of morpholine rings is 1. The van der Waals surface area contributed by atoms with Crippen LogP contribution in [0.4, 0.5) is 5.95 Å². The summed E-state index contributed by atoms with van der Waals surface area (Å²) in [4.78, 5) is 14.6. The third-order valence-corrected chi connectivity index (χ3v) is 8.93. The molecule has 2 N–H and O–H groups in total. The number of hydrogen-bond acceptors (Lipinski definition) is 8. The van der Waals surface area contributed by atoms with E-state index in [1.54, 1.807) is 4.31 Å². The SMILES string of the molecule is CS(=O)(=O)N1CCC(Nc2ncc3cc(C4CC4)nc(C4CC5(CNCCO5)C4)c3n2)CC1. The first-order chi connectivity index (χ1) is 15.9. The van der Waals surface area contributed by atoms with Crippen LogP contribution in [0.5, 0.6) is 0 Å². The summed E-state index contributed by atoms with van der Waals surface area (Å²) in [5.41, 5.74) is 3.16. The number of rotatable bonds is 5. The van der Waals surface area contributed by atoms with Gasteiger partial charge in [0, 0.05) is 61.3 Å². The average Bonchev–Trinajstić information content (AvgIpc) is 3.63. The number of ether oxygens (including phenoxy) is 1. The zero-order valence-corrected chi connectivity index (χ0v) is 19.9. The Hall–Kier alpha value is -1.88. The fourth-order valence-corrected chi connectivity index (χ4v) is 6.42. The summed E-state index contributed by atoms with van der Waals surface area (Å²) < 4.78 is 31.2. The molecular formula is C23H32N6O3S. The maximum absolute atomic E-state index is 11.8. The van der Waals surface area contributed by atoms with Crippen molar-refractivity contribution in [2.75, 3.05) is 44.4 Å². The van der Waals surface area contributed by atoms with Crippen molar-refractivity contribution in [1.29, 1.82) is 0 Å². The fraction of sp³-hybridized carbons (Fsp3) is 0.696. The molecule has 0 radical (unpaired) electrons. The highest BCUT2D eigenvalue weighted by molar-refractivity contribution is 7.88. The molecule has 4 fully saturated rings. The van der Waals surface area contributed by atoms with E-state index in [1.165, 1.54) is 24.8 Å². The number of pyridine rings is 1. The molecule has 0 amide bonds. The Morgan fingerprint density at radius 3 is 2.61 bits per heavy atom. The number of hydrogen-bond donors (Lipinski definition) is 2. The molecule has 2 saturated carbocycles. The van der Waals surface area contributed by atoms with Crippen molar-refractivity contribution >= 4 is 26.9 Å². The van der Waals surface area contributed by atoms with Gasteiger partial charge in [-0.25, -0.2) is 22.7 Å². The Bertz CT molecular complexity index is 1150. The van der Waals surface area contributed by atoms with Crippen molar-refractivity contribution < 1.29 is 13.2 Å². The predicted octanol–water partition coefficient (Wildman–Crippen LogP) is 1.97. The Kier molecular flexibility index (Phi) is 5.32. The minimum Gasteiger partial charge on any atom is -0.372 e. The van der Waals surface area contributed by atoms with E-state index in [1.807, 2.05) is 6.20 Å². The van der Waals surface area contributed by atoms with E-state index in [0.29, 0.717) is 30.9 Å². The highest BCUT2D eigenvalue weighted by Crippen LogP contribution is 2.49. The summed E-state index contributed by atoms with van der Waals surface area (Å²) in [6.07, 6.45) is 9.07. The molecule has 33 heavy (non-hydrogen) atoms. The third kappa shape index (κ3) is 4.34. The molecule has 0 bridgehead atoms. The molecule has 4 heterocycles. The van der Waals surface area contributed by atoms with Crippen LogP contribution in [0.1, 0.15) is 61.7 Å². The van der Waals surface area contributed by atoms with Gasteiger partial charge in [0.1, 0.15) is 0 Å². The monoisotopic (exact) mass is 472 g/mol. The van der Waals surface area contributed by atoms with Gasteiger partial charge in [0.05, 0.1) is 29.7 Å². The summed E-state index contributed by atoms with van der Waals surface area (Å²) >= 11 is 0. The molecule has 2 saturated heterocycles. The van der Waals surface area contributed by atoms with Crippen molar-refractivity contribution in [1.82, 2.24) is 24.6 Å². The first kappa shape index (κ1) is 21.6.